The van der Waals surface area contributed by atoms with Gasteiger partial charge in [0.2, 0.25) is 0 Å². The molecule has 0 bridgehead atoms. The summed E-state index contributed by atoms with van der Waals surface area (Å²) in [6, 6.07) is 22.5. The third-order valence-corrected chi connectivity index (χ3v) is 15.2. The van der Waals surface area contributed by atoms with Gasteiger partial charge in [-0.1, -0.05) is 103 Å². The second-order valence-corrected chi connectivity index (χ2v) is 21.8. The van der Waals surface area contributed by atoms with E-state index in [-0.39, 0.29) is 58.8 Å². The molecular weight excluding hydrogens is 1150 g/mol. The normalized spacial score (nSPS) is 20.8. The fourth-order valence-corrected chi connectivity index (χ4v) is 9.57. The number of alkyl halides is 2. The number of aliphatic hydroxyl groups is 3. The Balaban J connectivity index is 0.000000427. The summed E-state index contributed by atoms with van der Waals surface area (Å²) < 4.78 is 39.2. The van der Waals surface area contributed by atoms with Crippen LogP contribution in [-0.4, -0.2) is 93.8 Å². The molecule has 0 saturated carbocycles. The van der Waals surface area contributed by atoms with Crippen molar-refractivity contribution in [1.82, 2.24) is 0 Å². The fraction of sp³-hybridized carbons (Fsp3) is 0.443. The number of aliphatic hydroxyl groups excluding tert-OH is 3. The van der Waals surface area contributed by atoms with Crippen molar-refractivity contribution < 1.29 is 69.7 Å². The van der Waals surface area contributed by atoms with Crippen molar-refractivity contribution in [2.45, 2.75) is 54.9 Å². The molecule has 0 fully saturated rings. The smallest absolute Gasteiger partial charge is 0.118 e. The summed E-state index contributed by atoms with van der Waals surface area (Å²) >= 11 is 2.55. The average Bonchev–Trinajstić information content (AvgIpc) is 3.43. The molecule has 7 atom stereocenters. The molecule has 0 radical (unpaired) electrons. The molecule has 10 nitrogen and oxygen atoms in total. The van der Waals surface area contributed by atoms with Gasteiger partial charge in [-0.3, -0.25) is 0 Å². The largest absolute Gasteiger partial charge is 0.497 e. The van der Waals surface area contributed by atoms with E-state index in [0.717, 1.165) is 51.1 Å². The molecule has 7 rings (SSSR count). The molecule has 4 aliphatic rings. The maximum atomic E-state index is 9.07. The van der Waals surface area contributed by atoms with Gasteiger partial charge in [0.05, 0.1) is 62.5 Å². The van der Waals surface area contributed by atoms with Gasteiger partial charge in [-0.15, -0.1) is 0 Å². The molecule has 0 aromatic heterocycles. The first-order valence-electron chi connectivity index (χ1n) is 24.7. The van der Waals surface area contributed by atoms with Gasteiger partial charge in [0, 0.05) is 22.2 Å². The first-order valence-corrected chi connectivity index (χ1v) is 28.8. The van der Waals surface area contributed by atoms with E-state index in [1.54, 1.807) is 49.8 Å². The molecule has 0 amide bonds. The summed E-state index contributed by atoms with van der Waals surface area (Å²) in [4.78, 5) is 0. The second-order valence-electron chi connectivity index (χ2n) is 17.4. The first-order chi connectivity index (χ1) is 35.1. The van der Waals surface area contributed by atoms with Gasteiger partial charge < -0.3 is 43.7 Å². The van der Waals surface area contributed by atoms with Gasteiger partial charge >= 0.3 is 84.4 Å². The van der Waals surface area contributed by atoms with Gasteiger partial charge in [0.15, 0.2) is 0 Å². The molecule has 0 spiro atoms. The maximum absolute atomic E-state index is 9.07. The van der Waals surface area contributed by atoms with Gasteiger partial charge in [-0.05, 0) is 117 Å². The SMILES string of the molecule is CC[I-]c1ccc(C)c(OC)c1.COC1=CC(CO)C(C)C=C1.COC1=CC(CO)C(C)C=C1.COC1=CC(CO)C(CI)C=C1.COC1=CCC(C)C=C1.COc1ccc(C)cc1.COc1ccc(C)cc1. The first kappa shape index (κ1) is 66.5. The van der Waals surface area contributed by atoms with Crippen molar-refractivity contribution in [3.05, 3.63) is 183 Å². The zero-order chi connectivity index (χ0) is 54.6. The molecule has 3 aromatic carbocycles. The molecule has 4 aliphatic carbocycles. The molecule has 73 heavy (non-hydrogen) atoms. The predicted molar refractivity (Wildman–Crippen MR) is 306 cm³/mol. The minimum absolute atomic E-state index is 0.193. The van der Waals surface area contributed by atoms with Crippen molar-refractivity contribution >= 4 is 22.6 Å². The molecule has 0 saturated heterocycles. The van der Waals surface area contributed by atoms with Crippen LogP contribution >= 0.6 is 22.6 Å². The van der Waals surface area contributed by atoms with Gasteiger partial charge in [0.25, 0.3) is 0 Å². The van der Waals surface area contributed by atoms with E-state index in [2.05, 4.69) is 120 Å². The van der Waals surface area contributed by atoms with Crippen LogP contribution in [0.5, 0.6) is 17.2 Å². The van der Waals surface area contributed by atoms with E-state index in [1.807, 2.05) is 91.1 Å². The van der Waals surface area contributed by atoms with Crippen LogP contribution in [0.1, 0.15) is 50.8 Å². The monoisotopic (exact) mass is 1230 g/mol. The Bertz CT molecular complexity index is 2100. The minimum Gasteiger partial charge on any atom is -0.497 e. The summed E-state index contributed by atoms with van der Waals surface area (Å²) in [6.45, 7) is 15.4. The van der Waals surface area contributed by atoms with Crippen LogP contribution in [0, 0.1) is 65.8 Å². The third kappa shape index (κ3) is 27.6. The zero-order valence-electron chi connectivity index (χ0n) is 46.0. The number of methoxy groups -OCH3 is 7. The number of aryl methyl sites for hydroxylation is 3. The Labute approximate surface area is 464 Å². The topological polar surface area (TPSA) is 125 Å². The number of ether oxygens (including phenoxy) is 7. The van der Waals surface area contributed by atoms with E-state index < -0.39 is 0 Å². The number of allylic oxidation sites excluding steroid dienone is 9. The Morgan fingerprint density at radius 2 is 0.932 bits per heavy atom. The van der Waals surface area contributed by atoms with Crippen molar-refractivity contribution in [2.75, 3.05) is 78.4 Å². The molecule has 7 unspecified atom stereocenters. The number of benzene rings is 3. The van der Waals surface area contributed by atoms with Crippen molar-refractivity contribution in [3.63, 3.8) is 0 Å². The van der Waals surface area contributed by atoms with Crippen LogP contribution < -0.4 is 35.4 Å². The van der Waals surface area contributed by atoms with Crippen LogP contribution in [-0.2, 0) is 18.9 Å². The van der Waals surface area contributed by atoms with E-state index in [1.165, 1.54) is 24.7 Å². The van der Waals surface area contributed by atoms with Gasteiger partial charge in [-0.2, -0.15) is 0 Å². The van der Waals surface area contributed by atoms with Crippen LogP contribution in [0.2, 0.25) is 0 Å². The summed E-state index contributed by atoms with van der Waals surface area (Å²) in [6.07, 6.45) is 25.4. The molecule has 0 aliphatic heterocycles. The van der Waals surface area contributed by atoms with E-state index in [0.29, 0.717) is 23.7 Å². The van der Waals surface area contributed by atoms with E-state index in [9.17, 15) is 0 Å². The number of hydrogen-bond donors (Lipinski definition) is 3. The summed E-state index contributed by atoms with van der Waals surface area (Å²) in [5.74, 6) is 9.04. The molecule has 3 N–H and O–H groups in total. The fourth-order valence-electron chi connectivity index (χ4n) is 6.81. The molecule has 406 valence electrons. The van der Waals surface area contributed by atoms with Crippen LogP contribution in [0.4, 0.5) is 0 Å². The number of hydrogen-bond acceptors (Lipinski definition) is 10. The maximum Gasteiger partial charge on any atom is 0.118 e. The van der Waals surface area contributed by atoms with Crippen molar-refractivity contribution in [2.24, 2.45) is 41.4 Å². The average molecular weight is 1230 g/mol. The Kier molecular flexibility index (Phi) is 36.4. The van der Waals surface area contributed by atoms with E-state index in [4.69, 9.17) is 48.5 Å². The third-order valence-electron chi connectivity index (χ3n) is 11.9. The Morgan fingerprint density at radius 3 is 1.29 bits per heavy atom. The minimum atomic E-state index is 0.193. The van der Waals surface area contributed by atoms with Gasteiger partial charge in [0.1, 0.15) is 34.5 Å². The molecule has 3 aromatic rings. The quantitative estimate of drug-likeness (QED) is 0.113. The predicted octanol–water partition coefficient (Wildman–Crippen LogP) is 9.81. The summed E-state index contributed by atoms with van der Waals surface area (Å²) in [5.41, 5.74) is 3.74. The second kappa shape index (κ2) is 39.9. The van der Waals surface area contributed by atoms with Crippen molar-refractivity contribution in [1.29, 1.82) is 0 Å². The van der Waals surface area contributed by atoms with Crippen LogP contribution in [0.15, 0.2) is 163 Å². The van der Waals surface area contributed by atoms with Crippen LogP contribution in [0.3, 0.4) is 0 Å². The van der Waals surface area contributed by atoms with Crippen LogP contribution in [0.25, 0.3) is 0 Å². The summed E-state index contributed by atoms with van der Waals surface area (Å²) in [5, 5.41) is 26.9. The standard InChI is InChI=1S/C10H14IO.C9H13IO2.2C9H14O2.C8H12O.2C8H10O/c1-4-11-9-6-5-8(2)10(7-9)12-3;1-12-9-3-2-7(5-10)8(4-9)6-11;2*1-7-3-4-9(11-2)5-8(7)6-10;3*1-7-3-5-8(9-2)6-4-7/h5-7H,4H2,1-3H3;2-4,7-8,11H,5-6H2,1H3;2*3-5,7-8,10H,6H2,1-2H3;3,5-7H,4H2,1-2H3;2*3-6H,1-2H3/q-1;;;;;;. The van der Waals surface area contributed by atoms with Crippen molar-refractivity contribution in [3.8, 4) is 17.2 Å². The molecule has 12 heteroatoms. The number of rotatable bonds is 13. The zero-order valence-corrected chi connectivity index (χ0v) is 50.3. The Morgan fingerprint density at radius 1 is 0.507 bits per heavy atom. The van der Waals surface area contributed by atoms with E-state index >= 15 is 0 Å². The van der Waals surface area contributed by atoms with Gasteiger partial charge in [-0.25, -0.2) is 0 Å². The molecular formula is C61H87I2O10-. The number of halogens is 2. The Hall–Kier alpha value is -4.48. The molecule has 0 heterocycles. The summed E-state index contributed by atoms with van der Waals surface area (Å²) in [7, 11) is 11.7.